The first-order valence-electron chi connectivity index (χ1n) is 5.63. The van der Waals surface area contributed by atoms with Crippen molar-refractivity contribution in [2.45, 2.75) is 24.9 Å². The highest BCUT2D eigenvalue weighted by molar-refractivity contribution is 9.10. The molecule has 0 saturated heterocycles. The molecule has 1 heterocycles. The van der Waals surface area contributed by atoms with Gasteiger partial charge in [-0.3, -0.25) is 10.1 Å². The van der Waals surface area contributed by atoms with E-state index in [0.29, 0.717) is 12.0 Å². The van der Waals surface area contributed by atoms with Crippen molar-refractivity contribution < 1.29 is 4.79 Å². The highest BCUT2D eigenvalue weighted by Gasteiger charge is 2.32. The van der Waals surface area contributed by atoms with Gasteiger partial charge in [0, 0.05) is 16.1 Å². The summed E-state index contributed by atoms with van der Waals surface area (Å²) in [7, 11) is 0. The zero-order valence-corrected chi connectivity index (χ0v) is 10.7. The molecule has 1 aliphatic heterocycles. The summed E-state index contributed by atoms with van der Waals surface area (Å²) in [5.74, 6) is 0.540. The zero-order chi connectivity index (χ0) is 11.8. The molecular formula is C12H12BrN3O. The van der Waals surface area contributed by atoms with Crippen LogP contribution in [0.1, 0.15) is 24.4 Å². The predicted molar refractivity (Wildman–Crippen MR) is 68.6 cm³/mol. The number of nitrogens with zero attached hydrogens (tertiary/aromatic N) is 1. The lowest BCUT2D eigenvalue weighted by Crippen LogP contribution is -2.37. The summed E-state index contributed by atoms with van der Waals surface area (Å²) >= 11 is 3.45. The summed E-state index contributed by atoms with van der Waals surface area (Å²) in [5.41, 5.74) is 0.901. The smallest absolute Gasteiger partial charge is 0.256 e. The van der Waals surface area contributed by atoms with Crippen LogP contribution in [0.4, 0.5) is 0 Å². The van der Waals surface area contributed by atoms with E-state index in [1.54, 1.807) is 0 Å². The zero-order valence-electron chi connectivity index (χ0n) is 9.11. The summed E-state index contributed by atoms with van der Waals surface area (Å²) in [6, 6.07) is 7.73. The van der Waals surface area contributed by atoms with Crippen LogP contribution in [0.5, 0.6) is 0 Å². The van der Waals surface area contributed by atoms with Gasteiger partial charge in [0.1, 0.15) is 0 Å². The molecule has 0 bridgehead atoms. The van der Waals surface area contributed by atoms with Gasteiger partial charge in [-0.1, -0.05) is 34.1 Å². The molecule has 1 unspecified atom stereocenters. The highest BCUT2D eigenvalue weighted by atomic mass is 79.9. The van der Waals surface area contributed by atoms with Crippen LogP contribution in [0.25, 0.3) is 0 Å². The third kappa shape index (κ3) is 2.20. The Hall–Kier alpha value is -1.36. The number of guanidine groups is 1. The number of hydrogen-bond acceptors (Lipinski definition) is 3. The Balaban J connectivity index is 1.84. The number of rotatable bonds is 2. The number of amides is 1. The lowest BCUT2D eigenvalue weighted by molar-refractivity contribution is -0.120. The first-order chi connectivity index (χ1) is 8.24. The van der Waals surface area contributed by atoms with Crippen LogP contribution >= 0.6 is 15.9 Å². The molecular weight excluding hydrogens is 282 g/mol. The standard InChI is InChI=1S/C12H12BrN3O/c13-9-4-2-1-3-8(9)10-11(17)16-12(15-10)14-7-5-6-7/h1-4,7,10H,5-6H2,(H2,14,15,16,17). The molecule has 1 atom stereocenters. The van der Waals surface area contributed by atoms with Gasteiger partial charge < -0.3 is 5.32 Å². The Morgan fingerprint density at radius 3 is 2.82 bits per heavy atom. The second-order valence-corrected chi connectivity index (χ2v) is 5.16. The van der Waals surface area contributed by atoms with Crippen molar-refractivity contribution in [1.29, 1.82) is 0 Å². The Bertz CT molecular complexity index is 496. The third-order valence-electron chi connectivity index (χ3n) is 2.87. The van der Waals surface area contributed by atoms with Crippen LogP contribution < -0.4 is 10.6 Å². The van der Waals surface area contributed by atoms with Crippen LogP contribution in [-0.2, 0) is 4.79 Å². The van der Waals surface area contributed by atoms with E-state index in [4.69, 9.17) is 0 Å². The second kappa shape index (κ2) is 4.14. The molecule has 17 heavy (non-hydrogen) atoms. The summed E-state index contributed by atoms with van der Waals surface area (Å²) in [5, 5.41) is 5.99. The number of halogens is 1. The molecule has 0 spiro atoms. The first-order valence-corrected chi connectivity index (χ1v) is 6.43. The van der Waals surface area contributed by atoms with Crippen LogP contribution in [0, 0.1) is 0 Å². The molecule has 4 nitrogen and oxygen atoms in total. The molecule has 1 aromatic carbocycles. The monoisotopic (exact) mass is 293 g/mol. The van der Waals surface area contributed by atoms with Gasteiger partial charge in [-0.15, -0.1) is 0 Å². The Morgan fingerprint density at radius 1 is 1.35 bits per heavy atom. The van der Waals surface area contributed by atoms with Crippen molar-refractivity contribution in [3.63, 3.8) is 0 Å². The van der Waals surface area contributed by atoms with E-state index < -0.39 is 6.04 Å². The number of benzene rings is 1. The quantitative estimate of drug-likeness (QED) is 0.872. The van der Waals surface area contributed by atoms with E-state index in [9.17, 15) is 4.79 Å². The average Bonchev–Trinajstić information content (AvgIpc) is 3.03. The molecule has 0 aromatic heterocycles. The molecule has 1 aromatic rings. The molecule has 1 amide bonds. The van der Waals surface area contributed by atoms with E-state index in [-0.39, 0.29) is 5.91 Å². The molecule has 3 rings (SSSR count). The summed E-state index contributed by atoms with van der Waals surface area (Å²) in [4.78, 5) is 16.2. The van der Waals surface area contributed by atoms with Gasteiger partial charge >= 0.3 is 0 Å². The molecule has 1 aliphatic carbocycles. The minimum absolute atomic E-state index is 0.0694. The minimum Gasteiger partial charge on any atom is -0.353 e. The predicted octanol–water partition coefficient (Wildman–Crippen LogP) is 1.73. The summed E-state index contributed by atoms with van der Waals surface area (Å²) in [6.07, 6.45) is 2.32. The van der Waals surface area contributed by atoms with Gasteiger partial charge in [0.15, 0.2) is 12.0 Å². The summed E-state index contributed by atoms with van der Waals surface area (Å²) < 4.78 is 0.913. The van der Waals surface area contributed by atoms with Gasteiger partial charge in [0.25, 0.3) is 5.91 Å². The van der Waals surface area contributed by atoms with Crippen molar-refractivity contribution in [2.75, 3.05) is 0 Å². The first kappa shape index (κ1) is 10.8. The lowest BCUT2D eigenvalue weighted by Gasteiger charge is -2.06. The molecule has 1 fully saturated rings. The number of hydrogen-bond donors (Lipinski definition) is 2. The lowest BCUT2D eigenvalue weighted by atomic mass is 10.1. The van der Waals surface area contributed by atoms with Gasteiger partial charge in [0.2, 0.25) is 0 Å². The largest absolute Gasteiger partial charge is 0.353 e. The molecule has 2 aliphatic rings. The Kier molecular flexibility index (Phi) is 2.63. The van der Waals surface area contributed by atoms with Crippen LogP contribution in [0.3, 0.4) is 0 Å². The van der Waals surface area contributed by atoms with E-state index in [1.807, 2.05) is 24.3 Å². The van der Waals surface area contributed by atoms with E-state index in [0.717, 1.165) is 22.9 Å². The van der Waals surface area contributed by atoms with Crippen LogP contribution in [0.2, 0.25) is 0 Å². The van der Waals surface area contributed by atoms with Gasteiger partial charge in [-0.05, 0) is 18.9 Å². The van der Waals surface area contributed by atoms with Gasteiger partial charge in [-0.2, -0.15) is 0 Å². The minimum atomic E-state index is -0.438. The normalized spacial score (nSPS) is 23.2. The molecule has 5 heteroatoms. The van der Waals surface area contributed by atoms with E-state index in [1.165, 1.54) is 0 Å². The number of nitrogens with one attached hydrogen (secondary N) is 2. The van der Waals surface area contributed by atoms with Crippen LogP contribution in [-0.4, -0.2) is 17.9 Å². The molecule has 0 radical (unpaired) electrons. The maximum atomic E-state index is 11.9. The topological polar surface area (TPSA) is 53.5 Å². The second-order valence-electron chi connectivity index (χ2n) is 4.31. The van der Waals surface area contributed by atoms with E-state index in [2.05, 4.69) is 31.6 Å². The van der Waals surface area contributed by atoms with Crippen molar-refractivity contribution in [2.24, 2.45) is 4.99 Å². The van der Waals surface area contributed by atoms with Crippen molar-refractivity contribution in [1.82, 2.24) is 10.6 Å². The highest BCUT2D eigenvalue weighted by Crippen LogP contribution is 2.28. The summed E-state index contributed by atoms with van der Waals surface area (Å²) in [6.45, 7) is 0. The maximum absolute atomic E-state index is 11.9. The van der Waals surface area contributed by atoms with Crippen molar-refractivity contribution in [3.8, 4) is 0 Å². The SMILES string of the molecule is O=C1NC(NC2CC2)=NC1c1ccccc1Br. The fourth-order valence-electron chi connectivity index (χ4n) is 1.81. The fraction of sp³-hybridized carbons (Fsp3) is 0.333. The fourth-order valence-corrected chi connectivity index (χ4v) is 2.31. The number of carbonyl (C=O) groups is 1. The average molecular weight is 294 g/mol. The molecule has 88 valence electrons. The Labute approximate surface area is 108 Å². The van der Waals surface area contributed by atoms with Gasteiger partial charge in [0.05, 0.1) is 0 Å². The maximum Gasteiger partial charge on any atom is 0.256 e. The van der Waals surface area contributed by atoms with Crippen molar-refractivity contribution >= 4 is 27.8 Å². The third-order valence-corrected chi connectivity index (χ3v) is 3.59. The molecule has 2 N–H and O–H groups in total. The molecule has 1 saturated carbocycles. The number of carbonyl (C=O) groups excluding carboxylic acids is 1. The van der Waals surface area contributed by atoms with Crippen LogP contribution in [0.15, 0.2) is 33.7 Å². The number of aliphatic imine (C=N–C) groups is 1. The van der Waals surface area contributed by atoms with Crippen molar-refractivity contribution in [3.05, 3.63) is 34.3 Å². The Morgan fingerprint density at radius 2 is 2.12 bits per heavy atom. The van der Waals surface area contributed by atoms with E-state index >= 15 is 0 Å². The van der Waals surface area contributed by atoms with Gasteiger partial charge in [-0.25, -0.2) is 4.99 Å².